The van der Waals surface area contributed by atoms with Crippen molar-refractivity contribution in [3.05, 3.63) is 80.7 Å². The van der Waals surface area contributed by atoms with Gasteiger partial charge in [-0.2, -0.15) is 0 Å². The first-order valence-electron chi connectivity index (χ1n) is 15.7. The number of ether oxygens (including phenoxy) is 3. The number of carbonyl (C=O) groups excluding carboxylic acids is 1. The van der Waals surface area contributed by atoms with Crippen molar-refractivity contribution in [3.63, 3.8) is 0 Å². The van der Waals surface area contributed by atoms with Crippen LogP contribution in [0.4, 0.5) is 4.39 Å². The summed E-state index contributed by atoms with van der Waals surface area (Å²) >= 11 is 0. The molecule has 1 amide bonds. The van der Waals surface area contributed by atoms with Gasteiger partial charge in [0.1, 0.15) is 5.75 Å². The number of carbonyl (C=O) groups is 2. The smallest absolute Gasteiger partial charge is 0.337 e. The SMILES string of the molecule is Cc1c(-c2c(C)c3c(c(C)c2C(OC(C)(C)C)C(=O)O)CCN(C(=O)c2cccc(OC(C)C)c2)C3)cc(F)c2c1CCCO2. The fourth-order valence-corrected chi connectivity index (χ4v) is 6.73. The number of fused-ring (bicyclic) bond motifs is 2. The number of rotatable bonds is 7. The van der Waals surface area contributed by atoms with Crippen molar-refractivity contribution in [2.45, 2.75) is 99.0 Å². The van der Waals surface area contributed by atoms with Crippen LogP contribution in [0, 0.1) is 26.6 Å². The van der Waals surface area contributed by atoms with Crippen molar-refractivity contribution < 1.29 is 33.3 Å². The quantitative estimate of drug-likeness (QED) is 0.293. The molecule has 2 aliphatic heterocycles. The number of nitrogens with zero attached hydrogens (tertiary/aromatic N) is 1. The lowest BCUT2D eigenvalue weighted by molar-refractivity contribution is -0.160. The number of hydrogen-bond acceptors (Lipinski definition) is 5. The van der Waals surface area contributed by atoms with Crippen LogP contribution in [0.5, 0.6) is 11.5 Å². The van der Waals surface area contributed by atoms with E-state index in [1.165, 1.54) is 6.07 Å². The normalized spacial score (nSPS) is 15.3. The minimum Gasteiger partial charge on any atom is -0.491 e. The molecule has 240 valence electrons. The Labute approximate surface area is 265 Å². The molecule has 2 aliphatic rings. The van der Waals surface area contributed by atoms with E-state index in [9.17, 15) is 14.7 Å². The molecule has 1 N–H and O–H groups in total. The van der Waals surface area contributed by atoms with E-state index in [1.54, 1.807) is 12.1 Å². The van der Waals surface area contributed by atoms with Crippen LogP contribution in [0.15, 0.2) is 30.3 Å². The second-order valence-electron chi connectivity index (χ2n) is 13.4. The van der Waals surface area contributed by atoms with E-state index in [-0.39, 0.29) is 17.8 Å². The number of carboxylic acids is 1. The zero-order valence-electron chi connectivity index (χ0n) is 27.6. The largest absolute Gasteiger partial charge is 0.491 e. The molecule has 0 saturated carbocycles. The molecule has 0 aliphatic carbocycles. The Morgan fingerprint density at radius 3 is 2.40 bits per heavy atom. The summed E-state index contributed by atoms with van der Waals surface area (Å²) in [4.78, 5) is 28.5. The highest BCUT2D eigenvalue weighted by Gasteiger charge is 2.36. The maximum atomic E-state index is 15.7. The van der Waals surface area contributed by atoms with E-state index in [4.69, 9.17) is 14.2 Å². The standard InChI is InChI=1S/C37H44FNO6/c1-20(2)44-25-12-9-11-24(17-25)35(40)39-15-14-26-22(4)32(34(36(41)42)45-37(6,7)8)31(23(5)29(26)19-39)28-18-30(38)33-27(21(28)3)13-10-16-43-33/h9,11-12,17-18,20,34H,10,13-16,19H2,1-8H3,(H,41,42). The molecule has 1 atom stereocenters. The van der Waals surface area contributed by atoms with Crippen LogP contribution in [0.3, 0.4) is 0 Å². The minimum atomic E-state index is -1.28. The van der Waals surface area contributed by atoms with Gasteiger partial charge in [0, 0.05) is 29.8 Å². The molecule has 0 radical (unpaired) electrons. The van der Waals surface area contributed by atoms with E-state index in [0.717, 1.165) is 39.8 Å². The fraction of sp³-hybridized carbons (Fsp3) is 0.459. The van der Waals surface area contributed by atoms with Gasteiger partial charge in [0.2, 0.25) is 0 Å². The summed E-state index contributed by atoms with van der Waals surface area (Å²) < 4.78 is 33.4. The van der Waals surface area contributed by atoms with Gasteiger partial charge in [-0.25, -0.2) is 9.18 Å². The Morgan fingerprint density at radius 2 is 1.73 bits per heavy atom. The Hall–Kier alpha value is -3.91. The second kappa shape index (κ2) is 12.5. The summed E-state index contributed by atoms with van der Waals surface area (Å²) in [5.41, 5.74) is 6.85. The van der Waals surface area contributed by atoms with Gasteiger partial charge in [-0.1, -0.05) is 6.07 Å². The van der Waals surface area contributed by atoms with Gasteiger partial charge < -0.3 is 24.2 Å². The molecule has 1 unspecified atom stereocenters. The lowest BCUT2D eigenvalue weighted by Crippen LogP contribution is -2.37. The second-order valence-corrected chi connectivity index (χ2v) is 13.4. The molecule has 0 spiro atoms. The fourth-order valence-electron chi connectivity index (χ4n) is 6.73. The molecule has 0 bridgehead atoms. The van der Waals surface area contributed by atoms with Gasteiger partial charge in [-0.3, -0.25) is 4.79 Å². The molecular weight excluding hydrogens is 573 g/mol. The van der Waals surface area contributed by atoms with Gasteiger partial charge in [0.05, 0.1) is 18.3 Å². The Morgan fingerprint density at radius 1 is 1.00 bits per heavy atom. The lowest BCUT2D eigenvalue weighted by atomic mass is 9.78. The Kier molecular flexibility index (Phi) is 9.00. The average Bonchev–Trinajstić information content (AvgIpc) is 2.98. The summed E-state index contributed by atoms with van der Waals surface area (Å²) in [6.45, 7) is 16.5. The maximum absolute atomic E-state index is 15.7. The summed E-state index contributed by atoms with van der Waals surface area (Å²) in [7, 11) is 0. The topological polar surface area (TPSA) is 85.3 Å². The van der Waals surface area contributed by atoms with Crippen LogP contribution in [-0.2, 0) is 28.9 Å². The van der Waals surface area contributed by atoms with Gasteiger partial charge in [-0.05, 0) is 138 Å². The van der Waals surface area contributed by atoms with Crippen molar-refractivity contribution in [2.75, 3.05) is 13.2 Å². The van der Waals surface area contributed by atoms with E-state index in [1.807, 2.05) is 72.4 Å². The third-order valence-electron chi connectivity index (χ3n) is 8.70. The molecular formula is C37H44FNO6. The molecule has 3 aromatic rings. The molecule has 2 heterocycles. The van der Waals surface area contributed by atoms with Crippen molar-refractivity contribution in [2.24, 2.45) is 0 Å². The van der Waals surface area contributed by atoms with Crippen molar-refractivity contribution in [1.82, 2.24) is 4.90 Å². The zero-order chi connectivity index (χ0) is 32.8. The summed E-state index contributed by atoms with van der Waals surface area (Å²) in [5, 5.41) is 10.5. The van der Waals surface area contributed by atoms with Crippen LogP contribution >= 0.6 is 0 Å². The molecule has 8 heteroatoms. The first-order valence-corrected chi connectivity index (χ1v) is 15.7. The minimum absolute atomic E-state index is 0.0178. The number of benzene rings is 3. The maximum Gasteiger partial charge on any atom is 0.337 e. The molecule has 5 rings (SSSR count). The van der Waals surface area contributed by atoms with Crippen LogP contribution in [0.25, 0.3) is 11.1 Å². The highest BCUT2D eigenvalue weighted by Crippen LogP contribution is 2.46. The van der Waals surface area contributed by atoms with Gasteiger partial charge in [0.15, 0.2) is 17.7 Å². The monoisotopic (exact) mass is 617 g/mol. The highest BCUT2D eigenvalue weighted by atomic mass is 19.1. The Balaban J connectivity index is 1.69. The molecule has 7 nitrogen and oxygen atoms in total. The van der Waals surface area contributed by atoms with Crippen LogP contribution in [-0.4, -0.2) is 46.7 Å². The molecule has 0 fully saturated rings. The van der Waals surface area contributed by atoms with Crippen LogP contribution < -0.4 is 9.47 Å². The van der Waals surface area contributed by atoms with Crippen molar-refractivity contribution >= 4 is 11.9 Å². The Bertz CT molecular complexity index is 1650. The van der Waals surface area contributed by atoms with Crippen LogP contribution in [0.2, 0.25) is 0 Å². The van der Waals surface area contributed by atoms with E-state index in [0.29, 0.717) is 60.5 Å². The summed E-state index contributed by atoms with van der Waals surface area (Å²) in [6.07, 6.45) is 0.707. The number of carboxylic acid groups (broad SMARTS) is 1. The first kappa shape index (κ1) is 32.5. The van der Waals surface area contributed by atoms with Gasteiger partial charge >= 0.3 is 5.97 Å². The number of halogens is 1. The first-order chi connectivity index (χ1) is 21.2. The third kappa shape index (κ3) is 6.43. The van der Waals surface area contributed by atoms with E-state index >= 15 is 4.39 Å². The van der Waals surface area contributed by atoms with E-state index < -0.39 is 23.5 Å². The summed E-state index contributed by atoms with van der Waals surface area (Å²) in [6, 6.07) is 8.70. The molecule has 0 aromatic heterocycles. The summed E-state index contributed by atoms with van der Waals surface area (Å²) in [5.74, 6) is -0.763. The average molecular weight is 618 g/mol. The predicted octanol–water partition coefficient (Wildman–Crippen LogP) is 7.67. The lowest BCUT2D eigenvalue weighted by Gasteiger charge is -2.36. The van der Waals surface area contributed by atoms with E-state index in [2.05, 4.69) is 0 Å². The van der Waals surface area contributed by atoms with Crippen molar-refractivity contribution in [1.29, 1.82) is 0 Å². The molecule has 45 heavy (non-hydrogen) atoms. The third-order valence-corrected chi connectivity index (χ3v) is 8.70. The molecule has 0 saturated heterocycles. The number of aliphatic carboxylic acids is 1. The van der Waals surface area contributed by atoms with Crippen LogP contribution in [0.1, 0.15) is 96.4 Å². The highest BCUT2D eigenvalue weighted by molar-refractivity contribution is 5.95. The predicted molar refractivity (Wildman–Crippen MR) is 172 cm³/mol. The van der Waals surface area contributed by atoms with Gasteiger partial charge in [0.25, 0.3) is 5.91 Å². The zero-order valence-corrected chi connectivity index (χ0v) is 27.6. The van der Waals surface area contributed by atoms with Crippen molar-refractivity contribution in [3.8, 4) is 22.6 Å². The van der Waals surface area contributed by atoms with Gasteiger partial charge in [-0.15, -0.1) is 0 Å². The number of hydrogen-bond donors (Lipinski definition) is 1. The molecule has 3 aromatic carbocycles. The number of amides is 1.